The summed E-state index contributed by atoms with van der Waals surface area (Å²) in [6, 6.07) is 0. The lowest BCUT2D eigenvalue weighted by Crippen LogP contribution is -2.31. The highest BCUT2D eigenvalue weighted by Crippen LogP contribution is 2.17. The molecule has 7 heteroatoms. The zero-order valence-electron chi connectivity index (χ0n) is 15.3. The standard InChI is InChI=1S/C17H28O7/c1-12(15(21)24-17(5,6)22-11-18)13(19)9-7-8-10-14(20)23-16(2,3)4/h11,19H,7-10H2,1-6H3/b13-12-. The summed E-state index contributed by atoms with van der Waals surface area (Å²) < 4.78 is 14.8. The van der Waals surface area contributed by atoms with E-state index in [1.165, 1.54) is 20.8 Å². The first-order chi connectivity index (χ1) is 10.9. The number of carbonyl (C=O) groups is 3. The molecule has 0 aliphatic rings. The third-order valence-electron chi connectivity index (χ3n) is 2.87. The molecule has 0 heterocycles. The number of allylic oxidation sites excluding steroid dienone is 1. The van der Waals surface area contributed by atoms with Crippen LogP contribution in [0, 0.1) is 0 Å². The molecule has 0 atom stereocenters. The number of hydrogen-bond acceptors (Lipinski definition) is 7. The van der Waals surface area contributed by atoms with Gasteiger partial charge in [-0.2, -0.15) is 0 Å². The zero-order valence-corrected chi connectivity index (χ0v) is 15.3. The van der Waals surface area contributed by atoms with Crippen LogP contribution in [-0.4, -0.2) is 34.9 Å². The summed E-state index contributed by atoms with van der Waals surface area (Å²) in [6.45, 7) is 9.80. The highest BCUT2D eigenvalue weighted by atomic mass is 16.7. The minimum Gasteiger partial charge on any atom is -0.512 e. The molecule has 0 spiro atoms. The van der Waals surface area contributed by atoms with E-state index in [1.54, 1.807) is 20.8 Å². The zero-order chi connectivity index (χ0) is 19.0. The molecule has 0 aromatic carbocycles. The predicted molar refractivity (Wildman–Crippen MR) is 87.0 cm³/mol. The van der Waals surface area contributed by atoms with Crippen LogP contribution in [0.4, 0.5) is 0 Å². The van der Waals surface area contributed by atoms with Crippen molar-refractivity contribution in [1.29, 1.82) is 0 Å². The normalized spacial score (nSPS) is 12.9. The molecule has 0 saturated heterocycles. The summed E-state index contributed by atoms with van der Waals surface area (Å²) in [5.74, 6) is -2.59. The fourth-order valence-corrected chi connectivity index (χ4v) is 1.70. The summed E-state index contributed by atoms with van der Waals surface area (Å²) in [5, 5.41) is 9.92. The van der Waals surface area contributed by atoms with Gasteiger partial charge in [0.05, 0.1) is 5.57 Å². The maximum Gasteiger partial charge on any atom is 0.340 e. The Kier molecular flexibility index (Phi) is 8.50. The van der Waals surface area contributed by atoms with Gasteiger partial charge in [-0.3, -0.25) is 9.59 Å². The van der Waals surface area contributed by atoms with Crippen molar-refractivity contribution in [3.05, 3.63) is 11.3 Å². The number of ether oxygens (including phenoxy) is 3. The van der Waals surface area contributed by atoms with Crippen LogP contribution in [0.15, 0.2) is 11.3 Å². The molecule has 0 radical (unpaired) electrons. The van der Waals surface area contributed by atoms with E-state index in [1.807, 2.05) is 0 Å². The van der Waals surface area contributed by atoms with Crippen LogP contribution in [0.5, 0.6) is 0 Å². The average Bonchev–Trinajstić information content (AvgIpc) is 2.39. The average molecular weight is 344 g/mol. The summed E-state index contributed by atoms with van der Waals surface area (Å²) in [6.07, 6.45) is 1.53. The van der Waals surface area contributed by atoms with E-state index in [4.69, 9.17) is 9.47 Å². The third-order valence-corrected chi connectivity index (χ3v) is 2.87. The Hall–Kier alpha value is -2.05. The largest absolute Gasteiger partial charge is 0.512 e. The summed E-state index contributed by atoms with van der Waals surface area (Å²) >= 11 is 0. The lowest BCUT2D eigenvalue weighted by molar-refractivity contribution is -0.204. The van der Waals surface area contributed by atoms with Crippen molar-refractivity contribution >= 4 is 18.4 Å². The van der Waals surface area contributed by atoms with Crippen molar-refractivity contribution in [3.8, 4) is 0 Å². The van der Waals surface area contributed by atoms with Gasteiger partial charge in [0.25, 0.3) is 12.3 Å². The van der Waals surface area contributed by atoms with Gasteiger partial charge >= 0.3 is 11.9 Å². The third kappa shape index (κ3) is 9.86. The molecule has 0 aliphatic heterocycles. The Morgan fingerprint density at radius 1 is 1.00 bits per heavy atom. The van der Waals surface area contributed by atoms with E-state index in [0.29, 0.717) is 12.8 Å². The molecule has 1 N–H and O–H groups in total. The van der Waals surface area contributed by atoms with Crippen LogP contribution in [0.2, 0.25) is 0 Å². The Bertz CT molecular complexity index is 484. The van der Waals surface area contributed by atoms with Crippen LogP contribution >= 0.6 is 0 Å². The topological polar surface area (TPSA) is 99.1 Å². The number of aliphatic hydroxyl groups excluding tert-OH is 1. The van der Waals surface area contributed by atoms with Gasteiger partial charge in [0.2, 0.25) is 0 Å². The molecule has 0 bridgehead atoms. The van der Waals surface area contributed by atoms with Crippen molar-refractivity contribution < 1.29 is 33.7 Å². The van der Waals surface area contributed by atoms with Gasteiger partial charge < -0.3 is 19.3 Å². The molecule has 0 aromatic heterocycles. The minimum absolute atomic E-state index is 0.0369. The highest BCUT2D eigenvalue weighted by Gasteiger charge is 2.26. The van der Waals surface area contributed by atoms with E-state index in [9.17, 15) is 19.5 Å². The van der Waals surface area contributed by atoms with Crippen molar-refractivity contribution in [2.24, 2.45) is 0 Å². The highest BCUT2D eigenvalue weighted by molar-refractivity contribution is 5.88. The molecule has 0 aliphatic carbocycles. The number of hydrogen-bond donors (Lipinski definition) is 1. The molecule has 0 aromatic rings. The van der Waals surface area contributed by atoms with Gasteiger partial charge in [-0.25, -0.2) is 4.79 Å². The summed E-state index contributed by atoms with van der Waals surface area (Å²) in [4.78, 5) is 33.7. The molecule has 24 heavy (non-hydrogen) atoms. The lowest BCUT2D eigenvalue weighted by atomic mass is 10.1. The molecule has 0 rings (SSSR count). The molecule has 0 saturated carbocycles. The van der Waals surface area contributed by atoms with Gasteiger partial charge in [0.1, 0.15) is 11.4 Å². The van der Waals surface area contributed by atoms with Crippen molar-refractivity contribution in [1.82, 2.24) is 0 Å². The predicted octanol–water partition coefficient (Wildman–Crippen LogP) is 3.17. The van der Waals surface area contributed by atoms with Crippen LogP contribution in [0.25, 0.3) is 0 Å². The first-order valence-electron chi connectivity index (χ1n) is 7.83. The van der Waals surface area contributed by atoms with Gasteiger partial charge in [-0.15, -0.1) is 0 Å². The molecule has 0 fully saturated rings. The van der Waals surface area contributed by atoms with E-state index < -0.39 is 17.4 Å². The maximum absolute atomic E-state index is 11.9. The van der Waals surface area contributed by atoms with Crippen molar-refractivity contribution in [2.75, 3.05) is 0 Å². The van der Waals surface area contributed by atoms with E-state index in [0.717, 1.165) is 0 Å². The summed E-state index contributed by atoms with van der Waals surface area (Å²) in [5.41, 5.74) is -0.481. The second kappa shape index (κ2) is 9.30. The van der Waals surface area contributed by atoms with Crippen LogP contribution in [0.3, 0.4) is 0 Å². The minimum atomic E-state index is -1.41. The Balaban J connectivity index is 4.35. The van der Waals surface area contributed by atoms with E-state index >= 15 is 0 Å². The van der Waals surface area contributed by atoms with Crippen molar-refractivity contribution in [3.63, 3.8) is 0 Å². The molecule has 138 valence electrons. The van der Waals surface area contributed by atoms with E-state index in [2.05, 4.69) is 4.74 Å². The maximum atomic E-state index is 11.9. The van der Waals surface area contributed by atoms with Crippen LogP contribution in [-0.2, 0) is 28.6 Å². The van der Waals surface area contributed by atoms with E-state index in [-0.39, 0.29) is 36.6 Å². The molecular formula is C17H28O7. The van der Waals surface area contributed by atoms with Gasteiger partial charge in [-0.1, -0.05) is 0 Å². The number of unbranched alkanes of at least 4 members (excludes halogenated alkanes) is 1. The number of esters is 2. The number of aliphatic hydroxyl groups is 1. The Morgan fingerprint density at radius 3 is 2.04 bits per heavy atom. The molecule has 0 amide bonds. The SMILES string of the molecule is C/C(C(=O)OC(C)(C)OC=O)=C(/O)CCCCC(=O)OC(C)(C)C. The first kappa shape index (κ1) is 21.9. The Morgan fingerprint density at radius 2 is 1.54 bits per heavy atom. The smallest absolute Gasteiger partial charge is 0.340 e. The second-order valence-electron chi connectivity index (χ2n) is 6.87. The molecule has 7 nitrogen and oxygen atoms in total. The van der Waals surface area contributed by atoms with Crippen LogP contribution in [0.1, 0.15) is 67.2 Å². The summed E-state index contributed by atoms with van der Waals surface area (Å²) in [7, 11) is 0. The number of carbonyl (C=O) groups excluding carboxylic acids is 3. The molecule has 0 unspecified atom stereocenters. The van der Waals surface area contributed by atoms with Crippen LogP contribution < -0.4 is 0 Å². The Labute approximate surface area is 143 Å². The lowest BCUT2D eigenvalue weighted by Gasteiger charge is -2.22. The van der Waals surface area contributed by atoms with Crippen molar-refractivity contribution in [2.45, 2.75) is 78.6 Å². The van der Waals surface area contributed by atoms with Gasteiger partial charge in [-0.05, 0) is 40.5 Å². The fraction of sp³-hybridized carbons (Fsp3) is 0.706. The fourth-order valence-electron chi connectivity index (χ4n) is 1.70. The number of rotatable bonds is 9. The monoisotopic (exact) mass is 344 g/mol. The quantitative estimate of drug-likeness (QED) is 0.171. The van der Waals surface area contributed by atoms with Gasteiger partial charge in [0, 0.05) is 26.7 Å². The second-order valence-corrected chi connectivity index (χ2v) is 6.87. The van der Waals surface area contributed by atoms with Gasteiger partial charge in [0.15, 0.2) is 0 Å². The first-order valence-corrected chi connectivity index (χ1v) is 7.83. The molecular weight excluding hydrogens is 316 g/mol.